The van der Waals surface area contributed by atoms with Gasteiger partial charge in [-0.05, 0) is 46.6 Å². The lowest BCUT2D eigenvalue weighted by molar-refractivity contribution is 0.452. The van der Waals surface area contributed by atoms with E-state index in [0.29, 0.717) is 10.4 Å². The van der Waals surface area contributed by atoms with Crippen LogP contribution in [0, 0.1) is 24.1 Å². The molecule has 0 radical (unpaired) electrons. The van der Waals surface area contributed by atoms with Crippen LogP contribution in [-0.2, 0) is 0 Å². The second kappa shape index (κ2) is 5.15. The minimum absolute atomic E-state index is 0.133. The van der Waals surface area contributed by atoms with Crippen LogP contribution >= 0.6 is 15.9 Å². The zero-order valence-corrected chi connectivity index (χ0v) is 11.0. The first kappa shape index (κ1) is 12.5. The Bertz CT molecular complexity index is 637. The summed E-state index contributed by atoms with van der Waals surface area (Å²) in [4.78, 5) is 4.08. The van der Waals surface area contributed by atoms with Crippen LogP contribution in [0.2, 0.25) is 0 Å². The molecule has 2 aromatic rings. The maximum absolute atomic E-state index is 13.4. The SMILES string of the molecule is Cc1cnc(Oc2cccc(F)c2C#N)c(Br)c1. The van der Waals surface area contributed by atoms with E-state index in [1.165, 1.54) is 18.2 Å². The fraction of sp³-hybridized carbons (Fsp3) is 0.0769. The molecule has 5 heteroatoms. The average molecular weight is 307 g/mol. The number of hydrogen-bond acceptors (Lipinski definition) is 3. The molecule has 18 heavy (non-hydrogen) atoms. The van der Waals surface area contributed by atoms with Gasteiger partial charge in [0.05, 0.1) is 4.47 Å². The van der Waals surface area contributed by atoms with Gasteiger partial charge in [0.2, 0.25) is 5.88 Å². The second-order valence-corrected chi connectivity index (χ2v) is 4.48. The quantitative estimate of drug-likeness (QED) is 0.843. The topological polar surface area (TPSA) is 45.9 Å². The van der Waals surface area contributed by atoms with Crippen molar-refractivity contribution >= 4 is 15.9 Å². The summed E-state index contributed by atoms with van der Waals surface area (Å²) in [6, 6.07) is 7.81. The van der Waals surface area contributed by atoms with E-state index in [2.05, 4.69) is 20.9 Å². The lowest BCUT2D eigenvalue weighted by Crippen LogP contribution is -1.94. The number of aryl methyl sites for hydroxylation is 1. The Morgan fingerprint density at radius 2 is 2.22 bits per heavy atom. The maximum Gasteiger partial charge on any atom is 0.233 e. The molecular weight excluding hydrogens is 299 g/mol. The normalized spacial score (nSPS) is 9.89. The number of pyridine rings is 1. The van der Waals surface area contributed by atoms with E-state index in [0.717, 1.165) is 5.56 Å². The van der Waals surface area contributed by atoms with Crippen molar-refractivity contribution < 1.29 is 9.13 Å². The van der Waals surface area contributed by atoms with Gasteiger partial charge in [0.15, 0.2) is 0 Å². The van der Waals surface area contributed by atoms with Crippen LogP contribution < -0.4 is 4.74 Å². The smallest absolute Gasteiger partial charge is 0.233 e. The van der Waals surface area contributed by atoms with Gasteiger partial charge in [0, 0.05) is 6.20 Å². The Hall–Kier alpha value is -1.93. The minimum Gasteiger partial charge on any atom is -0.436 e. The molecular formula is C13H8BrFN2O. The zero-order chi connectivity index (χ0) is 13.1. The van der Waals surface area contributed by atoms with E-state index in [9.17, 15) is 4.39 Å². The number of halogens is 2. The van der Waals surface area contributed by atoms with E-state index in [1.807, 2.05) is 13.0 Å². The predicted molar refractivity (Wildman–Crippen MR) is 67.9 cm³/mol. The first-order valence-corrected chi connectivity index (χ1v) is 5.89. The van der Waals surface area contributed by atoms with Crippen LogP contribution in [0.3, 0.4) is 0 Å². The number of ether oxygens (including phenoxy) is 1. The molecule has 0 saturated carbocycles. The Morgan fingerprint density at radius 3 is 2.89 bits per heavy atom. The van der Waals surface area contributed by atoms with Gasteiger partial charge in [-0.3, -0.25) is 0 Å². The van der Waals surface area contributed by atoms with Gasteiger partial charge in [0.1, 0.15) is 23.2 Å². The molecule has 0 aliphatic carbocycles. The molecule has 90 valence electrons. The van der Waals surface area contributed by atoms with Gasteiger partial charge in [-0.1, -0.05) is 6.07 Å². The Labute approximate surface area is 112 Å². The van der Waals surface area contributed by atoms with Crippen LogP contribution in [0.25, 0.3) is 0 Å². The van der Waals surface area contributed by atoms with Crippen molar-refractivity contribution in [3.8, 4) is 17.7 Å². The third-order valence-corrected chi connectivity index (χ3v) is 2.81. The van der Waals surface area contributed by atoms with Crippen molar-refractivity contribution in [2.45, 2.75) is 6.92 Å². The van der Waals surface area contributed by atoms with Crippen molar-refractivity contribution in [2.24, 2.45) is 0 Å². The molecule has 0 bridgehead atoms. The first-order chi connectivity index (χ1) is 8.61. The van der Waals surface area contributed by atoms with Gasteiger partial charge in [0.25, 0.3) is 0 Å². The minimum atomic E-state index is -0.613. The summed E-state index contributed by atoms with van der Waals surface area (Å²) in [6.07, 6.45) is 1.63. The van der Waals surface area contributed by atoms with E-state index in [1.54, 1.807) is 12.3 Å². The molecule has 0 fully saturated rings. The Balaban J connectivity index is 2.41. The Morgan fingerprint density at radius 1 is 1.44 bits per heavy atom. The molecule has 1 heterocycles. The molecule has 1 aromatic carbocycles. The molecule has 0 aliphatic heterocycles. The molecule has 0 spiro atoms. The monoisotopic (exact) mass is 306 g/mol. The summed E-state index contributed by atoms with van der Waals surface area (Å²) in [7, 11) is 0. The zero-order valence-electron chi connectivity index (χ0n) is 9.45. The Kier molecular flexibility index (Phi) is 3.58. The summed E-state index contributed by atoms with van der Waals surface area (Å²) in [5, 5.41) is 8.89. The van der Waals surface area contributed by atoms with E-state index >= 15 is 0 Å². The van der Waals surface area contributed by atoms with E-state index < -0.39 is 5.82 Å². The van der Waals surface area contributed by atoms with E-state index in [4.69, 9.17) is 10.00 Å². The third kappa shape index (κ3) is 2.49. The van der Waals surface area contributed by atoms with Crippen LogP contribution in [0.15, 0.2) is 34.9 Å². The number of nitrogens with zero attached hydrogens (tertiary/aromatic N) is 2. The summed E-state index contributed by atoms with van der Waals surface area (Å²) < 4.78 is 19.5. The molecule has 0 amide bonds. The fourth-order valence-corrected chi connectivity index (χ4v) is 1.94. The van der Waals surface area contributed by atoms with Gasteiger partial charge >= 0.3 is 0 Å². The molecule has 0 N–H and O–H groups in total. The fourth-order valence-electron chi connectivity index (χ4n) is 1.40. The van der Waals surface area contributed by atoms with Crippen LogP contribution in [0.1, 0.15) is 11.1 Å². The standard InChI is InChI=1S/C13H8BrFN2O/c1-8-5-10(14)13(17-7-8)18-12-4-2-3-11(15)9(12)6-16/h2-5,7H,1H3. The molecule has 0 saturated heterocycles. The van der Waals surface area contributed by atoms with Gasteiger partial charge in [-0.25, -0.2) is 9.37 Å². The van der Waals surface area contributed by atoms with Crippen molar-refractivity contribution in [1.82, 2.24) is 4.98 Å². The highest BCUT2D eigenvalue weighted by Crippen LogP contribution is 2.30. The maximum atomic E-state index is 13.4. The summed E-state index contributed by atoms with van der Waals surface area (Å²) >= 11 is 3.31. The van der Waals surface area contributed by atoms with Crippen LogP contribution in [0.4, 0.5) is 4.39 Å². The summed E-state index contributed by atoms with van der Waals surface area (Å²) in [5.74, 6) is -0.171. The van der Waals surface area contributed by atoms with E-state index in [-0.39, 0.29) is 11.3 Å². The molecule has 3 nitrogen and oxygen atoms in total. The molecule has 1 aromatic heterocycles. The highest BCUT2D eigenvalue weighted by atomic mass is 79.9. The number of nitriles is 1. The number of aromatic nitrogens is 1. The second-order valence-electron chi connectivity index (χ2n) is 3.63. The highest BCUT2D eigenvalue weighted by molar-refractivity contribution is 9.10. The molecule has 0 atom stereocenters. The third-order valence-electron chi connectivity index (χ3n) is 2.24. The van der Waals surface area contributed by atoms with Gasteiger partial charge < -0.3 is 4.74 Å². The molecule has 0 unspecified atom stereocenters. The average Bonchev–Trinajstić information content (AvgIpc) is 2.33. The largest absolute Gasteiger partial charge is 0.436 e. The number of hydrogen-bond donors (Lipinski definition) is 0. The van der Waals surface area contributed by atoms with Crippen molar-refractivity contribution in [1.29, 1.82) is 5.26 Å². The van der Waals surface area contributed by atoms with Gasteiger partial charge in [-0.15, -0.1) is 0 Å². The van der Waals surface area contributed by atoms with Crippen LogP contribution in [-0.4, -0.2) is 4.98 Å². The van der Waals surface area contributed by atoms with Crippen LogP contribution in [0.5, 0.6) is 11.6 Å². The van der Waals surface area contributed by atoms with Gasteiger partial charge in [-0.2, -0.15) is 5.26 Å². The highest BCUT2D eigenvalue weighted by Gasteiger charge is 2.12. The predicted octanol–water partition coefficient (Wildman–Crippen LogP) is 3.96. The lowest BCUT2D eigenvalue weighted by atomic mass is 10.2. The molecule has 0 aliphatic rings. The van der Waals surface area contributed by atoms with Crippen molar-refractivity contribution in [2.75, 3.05) is 0 Å². The van der Waals surface area contributed by atoms with Crippen molar-refractivity contribution in [3.63, 3.8) is 0 Å². The molecule has 2 rings (SSSR count). The first-order valence-electron chi connectivity index (χ1n) is 5.10. The summed E-state index contributed by atoms with van der Waals surface area (Å²) in [5.41, 5.74) is 0.834. The lowest BCUT2D eigenvalue weighted by Gasteiger charge is -2.08. The summed E-state index contributed by atoms with van der Waals surface area (Å²) in [6.45, 7) is 1.89. The number of rotatable bonds is 2. The number of benzene rings is 1. The van der Waals surface area contributed by atoms with Crippen molar-refractivity contribution in [3.05, 3.63) is 51.9 Å².